The molecule has 2 aromatic rings. The molecule has 4 rings (SSSR count). The van der Waals surface area contributed by atoms with E-state index in [4.69, 9.17) is 5.26 Å². The SMILES string of the molecule is C[C@@H]1C[C@H](C)CN(S(=O)(=O)c2ccc(C(=O)N3CCCN(Cc4ccc(C#N)cc4)CC3)cc2)C1. The molecule has 0 aromatic heterocycles. The summed E-state index contributed by atoms with van der Waals surface area (Å²) in [7, 11) is -3.56. The minimum Gasteiger partial charge on any atom is -0.337 e. The largest absolute Gasteiger partial charge is 0.337 e. The summed E-state index contributed by atoms with van der Waals surface area (Å²) in [5.74, 6) is 0.622. The number of piperidine rings is 1. The molecule has 2 atom stereocenters. The monoisotopic (exact) mass is 494 g/mol. The van der Waals surface area contributed by atoms with Crippen molar-refractivity contribution < 1.29 is 13.2 Å². The van der Waals surface area contributed by atoms with Crippen molar-refractivity contribution in [1.29, 1.82) is 5.26 Å². The number of nitriles is 1. The Labute approximate surface area is 209 Å². The lowest BCUT2D eigenvalue weighted by Crippen LogP contribution is -2.42. The number of rotatable bonds is 5. The quantitative estimate of drug-likeness (QED) is 0.634. The molecule has 186 valence electrons. The molecule has 0 aliphatic carbocycles. The van der Waals surface area contributed by atoms with Gasteiger partial charge in [-0.2, -0.15) is 9.57 Å². The van der Waals surface area contributed by atoms with E-state index >= 15 is 0 Å². The molecule has 0 radical (unpaired) electrons. The van der Waals surface area contributed by atoms with Crippen molar-refractivity contribution in [3.05, 3.63) is 65.2 Å². The normalized spacial score (nSPS) is 22.4. The van der Waals surface area contributed by atoms with Crippen molar-refractivity contribution in [2.45, 2.75) is 38.1 Å². The van der Waals surface area contributed by atoms with Crippen molar-refractivity contribution in [3.8, 4) is 6.07 Å². The van der Waals surface area contributed by atoms with Crippen LogP contribution in [0.2, 0.25) is 0 Å². The highest BCUT2D eigenvalue weighted by Crippen LogP contribution is 2.27. The van der Waals surface area contributed by atoms with Gasteiger partial charge in [0.1, 0.15) is 0 Å². The number of sulfonamides is 1. The number of hydrogen-bond acceptors (Lipinski definition) is 5. The smallest absolute Gasteiger partial charge is 0.253 e. The van der Waals surface area contributed by atoms with Gasteiger partial charge < -0.3 is 4.90 Å². The number of benzene rings is 2. The zero-order valence-electron chi connectivity index (χ0n) is 20.6. The summed E-state index contributed by atoms with van der Waals surface area (Å²) >= 11 is 0. The van der Waals surface area contributed by atoms with Crippen LogP contribution in [0.4, 0.5) is 0 Å². The Hall–Kier alpha value is -2.73. The molecule has 0 saturated carbocycles. The second-order valence-corrected chi connectivity index (χ2v) is 12.0. The summed E-state index contributed by atoms with van der Waals surface area (Å²) in [4.78, 5) is 17.6. The third kappa shape index (κ3) is 6.10. The first-order valence-electron chi connectivity index (χ1n) is 12.4. The van der Waals surface area contributed by atoms with Crippen LogP contribution in [0.3, 0.4) is 0 Å². The third-order valence-electron chi connectivity index (χ3n) is 6.94. The van der Waals surface area contributed by atoms with E-state index < -0.39 is 10.0 Å². The van der Waals surface area contributed by atoms with Gasteiger partial charge in [-0.05, 0) is 66.6 Å². The van der Waals surface area contributed by atoms with Gasteiger partial charge in [0.2, 0.25) is 10.0 Å². The van der Waals surface area contributed by atoms with Crippen molar-refractivity contribution in [1.82, 2.24) is 14.1 Å². The Morgan fingerprint density at radius 1 is 0.943 bits per heavy atom. The molecule has 0 unspecified atom stereocenters. The van der Waals surface area contributed by atoms with Crippen LogP contribution in [-0.4, -0.2) is 67.7 Å². The average Bonchev–Trinajstić information content (AvgIpc) is 3.09. The molecule has 0 spiro atoms. The van der Waals surface area contributed by atoms with Crippen LogP contribution >= 0.6 is 0 Å². The Kier molecular flexibility index (Phi) is 7.90. The maximum Gasteiger partial charge on any atom is 0.253 e. The van der Waals surface area contributed by atoms with Gasteiger partial charge in [0.05, 0.1) is 16.5 Å². The highest BCUT2D eigenvalue weighted by atomic mass is 32.2. The Bertz CT molecular complexity index is 1160. The zero-order chi connectivity index (χ0) is 25.0. The van der Waals surface area contributed by atoms with E-state index in [1.807, 2.05) is 29.2 Å². The van der Waals surface area contributed by atoms with Crippen molar-refractivity contribution in [2.24, 2.45) is 11.8 Å². The maximum atomic E-state index is 13.2. The summed E-state index contributed by atoms with van der Waals surface area (Å²) in [6.07, 6.45) is 1.92. The van der Waals surface area contributed by atoms with Crippen molar-refractivity contribution in [3.63, 3.8) is 0 Å². The molecule has 8 heteroatoms. The van der Waals surface area contributed by atoms with E-state index in [2.05, 4.69) is 24.8 Å². The predicted octanol–water partition coefficient (Wildman–Crippen LogP) is 3.57. The number of amides is 1. The first kappa shape index (κ1) is 25.4. The Morgan fingerprint density at radius 2 is 1.60 bits per heavy atom. The number of nitrogens with zero attached hydrogens (tertiary/aromatic N) is 4. The second kappa shape index (κ2) is 10.9. The van der Waals surface area contributed by atoms with Crippen molar-refractivity contribution in [2.75, 3.05) is 39.3 Å². The van der Waals surface area contributed by atoms with Gasteiger partial charge in [-0.1, -0.05) is 26.0 Å². The van der Waals surface area contributed by atoms with Crippen molar-refractivity contribution >= 4 is 15.9 Å². The van der Waals surface area contributed by atoms with E-state index in [9.17, 15) is 13.2 Å². The molecule has 7 nitrogen and oxygen atoms in total. The van der Waals surface area contributed by atoms with Gasteiger partial charge >= 0.3 is 0 Å². The molecule has 2 aromatic carbocycles. The minimum atomic E-state index is -3.56. The van der Waals surface area contributed by atoms with Crippen LogP contribution in [-0.2, 0) is 16.6 Å². The van der Waals surface area contributed by atoms with Gasteiger partial charge in [0.25, 0.3) is 5.91 Å². The number of hydrogen-bond donors (Lipinski definition) is 0. The fourth-order valence-corrected chi connectivity index (χ4v) is 6.86. The molecule has 2 heterocycles. The van der Waals surface area contributed by atoms with Crippen LogP contribution in [0.25, 0.3) is 0 Å². The van der Waals surface area contributed by atoms with Crippen LogP contribution in [0.1, 0.15) is 48.2 Å². The second-order valence-electron chi connectivity index (χ2n) is 10.0. The third-order valence-corrected chi connectivity index (χ3v) is 8.79. The molecule has 2 aliphatic heterocycles. The molecule has 2 saturated heterocycles. The molecule has 35 heavy (non-hydrogen) atoms. The molecule has 2 aliphatic rings. The van der Waals surface area contributed by atoms with E-state index in [0.29, 0.717) is 49.1 Å². The highest BCUT2D eigenvalue weighted by molar-refractivity contribution is 7.89. The molecule has 2 fully saturated rings. The summed E-state index contributed by atoms with van der Waals surface area (Å²) in [6.45, 7) is 9.01. The van der Waals surface area contributed by atoms with Gasteiger partial charge in [0, 0.05) is 51.4 Å². The van der Waals surface area contributed by atoms with E-state index in [1.165, 1.54) is 0 Å². The summed E-state index contributed by atoms with van der Waals surface area (Å²) in [5, 5.41) is 8.97. The number of carbonyl (C=O) groups is 1. The van der Waals surface area contributed by atoms with Gasteiger partial charge in [0.15, 0.2) is 0 Å². The fraction of sp³-hybridized carbons (Fsp3) is 0.481. The maximum absolute atomic E-state index is 13.2. The van der Waals surface area contributed by atoms with Crippen LogP contribution < -0.4 is 0 Å². The lowest BCUT2D eigenvalue weighted by Gasteiger charge is -2.34. The van der Waals surface area contributed by atoms with Crippen LogP contribution in [0, 0.1) is 23.2 Å². The van der Waals surface area contributed by atoms with Gasteiger partial charge in [-0.3, -0.25) is 9.69 Å². The van der Waals surface area contributed by atoms with Gasteiger partial charge in [-0.15, -0.1) is 0 Å². The first-order chi connectivity index (χ1) is 16.8. The van der Waals surface area contributed by atoms with Gasteiger partial charge in [-0.25, -0.2) is 8.42 Å². The highest BCUT2D eigenvalue weighted by Gasteiger charge is 2.32. The molecular formula is C27H34N4O3S. The van der Waals surface area contributed by atoms with E-state index in [-0.39, 0.29) is 10.8 Å². The minimum absolute atomic E-state index is 0.0608. The lowest BCUT2D eigenvalue weighted by molar-refractivity contribution is 0.0761. The molecular weight excluding hydrogens is 460 g/mol. The lowest BCUT2D eigenvalue weighted by atomic mass is 9.94. The Morgan fingerprint density at radius 3 is 2.23 bits per heavy atom. The predicted molar refractivity (Wildman–Crippen MR) is 135 cm³/mol. The zero-order valence-corrected chi connectivity index (χ0v) is 21.4. The van der Waals surface area contributed by atoms with Crippen LogP contribution in [0.15, 0.2) is 53.4 Å². The summed E-state index contributed by atoms with van der Waals surface area (Å²) < 4.78 is 27.9. The summed E-state index contributed by atoms with van der Waals surface area (Å²) in [5.41, 5.74) is 2.32. The van der Waals surface area contributed by atoms with Crippen LogP contribution in [0.5, 0.6) is 0 Å². The standard InChI is InChI=1S/C27H34N4O3S/c1-21-16-22(2)19-31(18-21)35(33,34)26-10-8-25(9-11-26)27(32)30-13-3-12-29(14-15-30)20-24-6-4-23(17-28)5-7-24/h4-11,21-22H,3,12-16,18-20H2,1-2H3/t21-,22+. The number of carbonyl (C=O) groups excluding carboxylic acids is 1. The fourth-order valence-electron chi connectivity index (χ4n) is 5.18. The first-order valence-corrected chi connectivity index (χ1v) is 13.8. The Balaban J connectivity index is 1.37. The topological polar surface area (TPSA) is 84.7 Å². The molecule has 0 bridgehead atoms. The molecule has 1 amide bonds. The average molecular weight is 495 g/mol. The molecule has 0 N–H and O–H groups in total. The van der Waals surface area contributed by atoms with E-state index in [0.717, 1.165) is 38.0 Å². The van der Waals surface area contributed by atoms with E-state index in [1.54, 1.807) is 28.6 Å². The summed E-state index contributed by atoms with van der Waals surface area (Å²) in [6, 6.07) is 16.2.